The van der Waals surface area contributed by atoms with Gasteiger partial charge in [-0.25, -0.2) is 14.8 Å². The molecule has 4 heterocycles. The lowest BCUT2D eigenvalue weighted by atomic mass is 9.96. The summed E-state index contributed by atoms with van der Waals surface area (Å²) in [6, 6.07) is 9.81. The highest BCUT2D eigenvalue weighted by atomic mass is 32.1. The molecule has 1 aromatic carbocycles. The Morgan fingerprint density at radius 2 is 1.84 bits per heavy atom. The number of benzene rings is 1. The van der Waals surface area contributed by atoms with Crippen LogP contribution in [0.2, 0.25) is 0 Å². The van der Waals surface area contributed by atoms with Crippen LogP contribution in [-0.4, -0.2) is 50.3 Å². The number of ketones is 1. The number of amides is 1. The van der Waals surface area contributed by atoms with Gasteiger partial charge in [-0.15, -0.1) is 0 Å². The van der Waals surface area contributed by atoms with Crippen molar-refractivity contribution in [3.63, 3.8) is 0 Å². The molecule has 1 N–H and O–H groups in total. The quantitative estimate of drug-likeness (QED) is 0.0462. The smallest absolute Gasteiger partial charge is 0.350 e. The summed E-state index contributed by atoms with van der Waals surface area (Å²) < 4.78 is 12.9. The van der Waals surface area contributed by atoms with Gasteiger partial charge in [-0.05, 0) is 56.5 Å². The molecule has 1 aliphatic heterocycles. The first-order valence-corrected chi connectivity index (χ1v) is 15.7. The topological polar surface area (TPSA) is 123 Å². The molecule has 5 rings (SSSR count). The molecule has 0 spiro atoms. The van der Waals surface area contributed by atoms with Crippen LogP contribution < -0.4 is 9.64 Å². The molecule has 1 saturated heterocycles. The lowest BCUT2D eigenvalue weighted by Crippen LogP contribution is -2.29. The molecular weight excluding hydrogens is 592 g/mol. The van der Waals surface area contributed by atoms with Gasteiger partial charge >= 0.3 is 11.9 Å². The number of unbranched alkanes of at least 4 members (excludes halogenated alkanes) is 3. The van der Waals surface area contributed by atoms with E-state index in [0.717, 1.165) is 42.6 Å². The number of pyridine rings is 1. The molecule has 4 aromatic rings. The van der Waals surface area contributed by atoms with Gasteiger partial charge < -0.3 is 19.0 Å². The maximum atomic E-state index is 13.7. The molecule has 11 heteroatoms. The Morgan fingerprint density at radius 1 is 1.09 bits per heavy atom. The molecule has 1 amide bonds. The summed E-state index contributed by atoms with van der Waals surface area (Å²) in [5.41, 5.74) is 3.10. The summed E-state index contributed by atoms with van der Waals surface area (Å²) >= 11 is 0.943. The lowest BCUT2D eigenvalue weighted by molar-refractivity contribution is -0.132. The van der Waals surface area contributed by atoms with Gasteiger partial charge in [0.05, 0.1) is 29.6 Å². The third-order valence-electron chi connectivity index (χ3n) is 7.72. The number of nitrogens with zero attached hydrogens (tertiary/aromatic N) is 4. The third kappa shape index (κ3) is 6.12. The summed E-state index contributed by atoms with van der Waals surface area (Å²) in [4.78, 5) is 50.7. The Balaban J connectivity index is 1.60. The minimum atomic E-state index is -1.04. The summed E-state index contributed by atoms with van der Waals surface area (Å²) in [7, 11) is 0. The molecule has 1 fully saturated rings. The molecular formula is C34H36N4O6S. The van der Waals surface area contributed by atoms with Crippen molar-refractivity contribution < 1.29 is 29.0 Å². The molecule has 0 bridgehead atoms. The summed E-state index contributed by atoms with van der Waals surface area (Å²) in [5, 5.41) is 11.9. The summed E-state index contributed by atoms with van der Waals surface area (Å²) in [6.07, 6.45) is 7.59. The van der Waals surface area contributed by atoms with Gasteiger partial charge in [0.15, 0.2) is 10.9 Å². The highest BCUT2D eigenvalue weighted by Crippen LogP contribution is 2.44. The lowest BCUT2D eigenvalue weighted by Gasteiger charge is -2.23. The Bertz CT molecular complexity index is 1800. The fourth-order valence-corrected chi connectivity index (χ4v) is 6.35. The number of aryl methyl sites for hydroxylation is 3. The second kappa shape index (κ2) is 13.5. The average Bonchev–Trinajstić information content (AvgIpc) is 3.67. The van der Waals surface area contributed by atoms with Gasteiger partial charge in [0.1, 0.15) is 28.6 Å². The van der Waals surface area contributed by atoms with Crippen LogP contribution in [0.15, 0.2) is 60.8 Å². The van der Waals surface area contributed by atoms with Crippen LogP contribution in [-0.2, 0) is 14.3 Å². The monoisotopic (exact) mass is 628 g/mol. The molecule has 45 heavy (non-hydrogen) atoms. The maximum absolute atomic E-state index is 13.7. The SMILES string of the molecule is C=CCOC(=O)c1sc(N2C(=O)C(=O)C(=C(O)c3nc4c(C)cccn4c3C)C2c2ccc(OCCCCCC)cc2)nc1C. The van der Waals surface area contributed by atoms with Crippen molar-refractivity contribution in [3.05, 3.63) is 93.9 Å². The maximum Gasteiger partial charge on any atom is 0.350 e. The summed E-state index contributed by atoms with van der Waals surface area (Å²) in [5.74, 6) is -2.12. The fraction of sp³-hybridized carbons (Fsp3) is 0.324. The molecule has 1 unspecified atom stereocenters. The van der Waals surface area contributed by atoms with E-state index in [9.17, 15) is 19.5 Å². The van der Waals surface area contributed by atoms with Crippen molar-refractivity contribution in [3.8, 4) is 5.75 Å². The number of aromatic nitrogens is 3. The number of aliphatic hydroxyl groups is 1. The molecule has 10 nitrogen and oxygen atoms in total. The zero-order valence-corrected chi connectivity index (χ0v) is 26.6. The number of esters is 1. The third-order valence-corrected chi connectivity index (χ3v) is 8.86. The minimum Gasteiger partial charge on any atom is -0.505 e. The Kier molecular flexibility index (Phi) is 9.48. The Hall–Kier alpha value is -4.77. The van der Waals surface area contributed by atoms with E-state index in [-0.39, 0.29) is 27.9 Å². The second-order valence-electron chi connectivity index (χ2n) is 10.9. The van der Waals surface area contributed by atoms with Crippen LogP contribution in [0.4, 0.5) is 5.13 Å². The predicted molar refractivity (Wildman–Crippen MR) is 173 cm³/mol. The van der Waals surface area contributed by atoms with Crippen molar-refractivity contribution in [2.24, 2.45) is 0 Å². The number of rotatable bonds is 12. The first-order chi connectivity index (χ1) is 21.7. The van der Waals surface area contributed by atoms with E-state index in [1.165, 1.54) is 11.0 Å². The van der Waals surface area contributed by atoms with Crippen LogP contribution >= 0.6 is 11.3 Å². The van der Waals surface area contributed by atoms with E-state index < -0.39 is 29.5 Å². The van der Waals surface area contributed by atoms with Crippen LogP contribution in [0, 0.1) is 20.8 Å². The normalized spacial score (nSPS) is 16.0. The van der Waals surface area contributed by atoms with Crippen LogP contribution in [0.25, 0.3) is 11.4 Å². The molecule has 3 aromatic heterocycles. The molecule has 1 atom stereocenters. The number of anilines is 1. The van der Waals surface area contributed by atoms with E-state index in [1.807, 2.05) is 29.7 Å². The van der Waals surface area contributed by atoms with Crippen molar-refractivity contribution in [2.75, 3.05) is 18.1 Å². The van der Waals surface area contributed by atoms with Gasteiger partial charge in [-0.1, -0.05) is 68.4 Å². The highest BCUT2D eigenvalue weighted by Gasteiger charge is 2.49. The van der Waals surface area contributed by atoms with Crippen LogP contribution in [0.5, 0.6) is 5.75 Å². The molecule has 0 saturated carbocycles. The van der Waals surface area contributed by atoms with E-state index >= 15 is 0 Å². The Labute approximate surface area is 265 Å². The number of imidazole rings is 1. The predicted octanol–water partition coefficient (Wildman–Crippen LogP) is 6.64. The van der Waals surface area contributed by atoms with Gasteiger partial charge in [-0.3, -0.25) is 14.5 Å². The number of carbonyl (C=O) groups excluding carboxylic acids is 3. The first kappa shape index (κ1) is 31.6. The zero-order chi connectivity index (χ0) is 32.2. The standard InChI is InChI=1S/C34H36N4O6S/c1-6-8-9-10-19-43-24-15-13-23(14-16-24)27-25(28(39)26-22(5)37-17-11-12-20(3)31(37)36-26)29(40)32(41)38(27)34-35-21(4)30(45-34)33(42)44-18-7-2/h7,11-17,27,39H,2,6,8-10,18-19H2,1,3-5H3. The van der Waals surface area contributed by atoms with Crippen molar-refractivity contribution in [1.29, 1.82) is 0 Å². The van der Waals surface area contributed by atoms with Gasteiger partial charge in [-0.2, -0.15) is 0 Å². The van der Waals surface area contributed by atoms with E-state index in [0.29, 0.717) is 35.0 Å². The van der Waals surface area contributed by atoms with Gasteiger partial charge in [0, 0.05) is 6.20 Å². The fourth-order valence-electron chi connectivity index (χ4n) is 5.36. The van der Waals surface area contributed by atoms with E-state index in [1.54, 1.807) is 38.1 Å². The van der Waals surface area contributed by atoms with Crippen molar-refractivity contribution >= 4 is 45.5 Å². The van der Waals surface area contributed by atoms with Crippen LogP contribution in [0.3, 0.4) is 0 Å². The second-order valence-corrected chi connectivity index (χ2v) is 11.9. The van der Waals surface area contributed by atoms with Crippen LogP contribution in [0.1, 0.15) is 76.5 Å². The number of aliphatic hydroxyl groups excluding tert-OH is 1. The van der Waals surface area contributed by atoms with Gasteiger partial charge in [0.2, 0.25) is 0 Å². The molecule has 1 aliphatic rings. The first-order valence-electron chi connectivity index (χ1n) is 14.9. The van der Waals surface area contributed by atoms with Crippen molar-refractivity contribution in [1.82, 2.24) is 14.4 Å². The molecule has 0 radical (unpaired) electrons. The van der Waals surface area contributed by atoms with Gasteiger partial charge in [0.25, 0.3) is 5.78 Å². The van der Waals surface area contributed by atoms with Crippen molar-refractivity contribution in [2.45, 2.75) is 59.4 Å². The van der Waals surface area contributed by atoms with E-state index in [4.69, 9.17) is 9.47 Å². The number of fused-ring (bicyclic) bond motifs is 1. The number of thiazole rings is 1. The number of hydrogen-bond acceptors (Lipinski definition) is 9. The molecule has 0 aliphatic carbocycles. The average molecular weight is 629 g/mol. The largest absolute Gasteiger partial charge is 0.505 e. The number of ether oxygens (including phenoxy) is 2. The Morgan fingerprint density at radius 3 is 2.53 bits per heavy atom. The number of carbonyl (C=O) groups is 3. The number of hydrogen-bond donors (Lipinski definition) is 1. The highest BCUT2D eigenvalue weighted by molar-refractivity contribution is 7.17. The number of Topliss-reactive ketones (excluding diaryl/α,β-unsaturated/α-hetero) is 1. The minimum absolute atomic E-state index is 0.0148. The summed E-state index contributed by atoms with van der Waals surface area (Å²) in [6.45, 7) is 11.6. The zero-order valence-electron chi connectivity index (χ0n) is 25.8. The molecule has 234 valence electrons. The van der Waals surface area contributed by atoms with E-state index in [2.05, 4.69) is 23.5 Å².